The van der Waals surface area contributed by atoms with E-state index in [1.165, 1.54) is 12.1 Å². The van der Waals surface area contributed by atoms with Crippen molar-refractivity contribution in [3.05, 3.63) is 35.6 Å². The summed E-state index contributed by atoms with van der Waals surface area (Å²) in [6.07, 6.45) is -0.0363. The molecule has 1 atom stereocenters. The van der Waals surface area contributed by atoms with E-state index in [-0.39, 0.29) is 12.1 Å². The summed E-state index contributed by atoms with van der Waals surface area (Å²) in [5.41, 5.74) is 0.783. The Morgan fingerprint density at radius 1 is 1.38 bits per heavy atom. The van der Waals surface area contributed by atoms with Crippen LogP contribution in [0.25, 0.3) is 0 Å². The predicted octanol–water partition coefficient (Wildman–Crippen LogP) is 1.49. The maximum absolute atomic E-state index is 12.9. The molecule has 1 aliphatic heterocycles. The van der Waals surface area contributed by atoms with Gasteiger partial charge in [-0.25, -0.2) is 4.39 Å². The predicted molar refractivity (Wildman–Crippen MR) is 56.4 cm³/mol. The zero-order valence-corrected chi connectivity index (χ0v) is 8.93. The van der Waals surface area contributed by atoms with Crippen LogP contribution in [0.15, 0.2) is 24.3 Å². The zero-order chi connectivity index (χ0) is 11.4. The minimum atomic E-state index is -0.565. The lowest BCUT2D eigenvalue weighted by Crippen LogP contribution is -2.20. The fraction of sp³-hybridized carbons (Fsp3) is 0.500. The standard InChI is InChI=1S/C12H15FO3/c13-10-3-1-2-9(6-10)7-11(14)8-12-15-4-5-16-12/h1-3,6,11-12,14H,4-5,7-8H2. The molecule has 0 spiro atoms. The van der Waals surface area contributed by atoms with Crippen LogP contribution in [-0.2, 0) is 15.9 Å². The van der Waals surface area contributed by atoms with Gasteiger partial charge in [0.05, 0.1) is 19.3 Å². The first-order chi connectivity index (χ1) is 7.74. The van der Waals surface area contributed by atoms with Crippen LogP contribution in [0.3, 0.4) is 0 Å². The van der Waals surface area contributed by atoms with Crippen LogP contribution in [0.4, 0.5) is 4.39 Å². The lowest BCUT2D eigenvalue weighted by Gasteiger charge is -2.14. The van der Waals surface area contributed by atoms with E-state index in [0.29, 0.717) is 26.1 Å². The highest BCUT2D eigenvalue weighted by Gasteiger charge is 2.20. The average Bonchev–Trinajstić information content (AvgIpc) is 2.70. The fourth-order valence-electron chi connectivity index (χ4n) is 1.78. The summed E-state index contributed by atoms with van der Waals surface area (Å²) in [6, 6.07) is 6.25. The Morgan fingerprint density at radius 3 is 2.81 bits per heavy atom. The SMILES string of the molecule is OC(Cc1cccc(F)c1)CC1OCCO1. The number of ether oxygens (including phenoxy) is 2. The molecule has 1 saturated heterocycles. The van der Waals surface area contributed by atoms with Gasteiger partial charge >= 0.3 is 0 Å². The van der Waals surface area contributed by atoms with Crippen molar-refractivity contribution in [2.75, 3.05) is 13.2 Å². The molecule has 3 nitrogen and oxygen atoms in total. The van der Waals surface area contributed by atoms with Gasteiger partial charge in [-0.3, -0.25) is 0 Å². The average molecular weight is 226 g/mol. The summed E-state index contributed by atoms with van der Waals surface area (Å²) in [4.78, 5) is 0. The first-order valence-corrected chi connectivity index (χ1v) is 5.40. The highest BCUT2D eigenvalue weighted by Crippen LogP contribution is 2.14. The third-order valence-corrected chi connectivity index (χ3v) is 2.52. The molecule has 1 aliphatic rings. The minimum absolute atomic E-state index is 0.280. The Labute approximate surface area is 93.8 Å². The third-order valence-electron chi connectivity index (χ3n) is 2.52. The number of halogens is 1. The molecule has 1 aromatic rings. The summed E-state index contributed by atoms with van der Waals surface area (Å²) in [5, 5.41) is 9.77. The van der Waals surface area contributed by atoms with Gasteiger partial charge in [-0.05, 0) is 24.1 Å². The molecule has 1 fully saturated rings. The minimum Gasteiger partial charge on any atom is -0.393 e. The van der Waals surface area contributed by atoms with E-state index in [1.54, 1.807) is 12.1 Å². The highest BCUT2D eigenvalue weighted by molar-refractivity contribution is 5.17. The van der Waals surface area contributed by atoms with Crippen LogP contribution in [-0.4, -0.2) is 30.7 Å². The normalized spacial score (nSPS) is 18.9. The Hall–Kier alpha value is -0.970. The van der Waals surface area contributed by atoms with E-state index in [4.69, 9.17) is 9.47 Å². The number of hydrogen-bond acceptors (Lipinski definition) is 3. The Balaban J connectivity index is 1.84. The van der Waals surface area contributed by atoms with Crippen LogP contribution in [0.1, 0.15) is 12.0 Å². The molecule has 1 N–H and O–H groups in total. The van der Waals surface area contributed by atoms with Gasteiger partial charge in [0.1, 0.15) is 5.82 Å². The van der Waals surface area contributed by atoms with Crippen LogP contribution in [0.2, 0.25) is 0 Å². The summed E-state index contributed by atoms with van der Waals surface area (Å²) < 4.78 is 23.3. The van der Waals surface area contributed by atoms with Gasteiger partial charge in [0.2, 0.25) is 0 Å². The van der Waals surface area contributed by atoms with Crippen molar-refractivity contribution in [2.24, 2.45) is 0 Å². The second kappa shape index (κ2) is 5.39. The number of benzene rings is 1. The van der Waals surface area contributed by atoms with Gasteiger partial charge in [-0.2, -0.15) is 0 Å². The van der Waals surface area contributed by atoms with Crippen molar-refractivity contribution in [1.82, 2.24) is 0 Å². The third kappa shape index (κ3) is 3.27. The summed E-state index contributed by atoms with van der Waals surface area (Å²) in [7, 11) is 0. The summed E-state index contributed by atoms with van der Waals surface area (Å²) in [5.74, 6) is -0.280. The van der Waals surface area contributed by atoms with Crippen molar-refractivity contribution in [3.63, 3.8) is 0 Å². The molecule has 2 rings (SSSR count). The Kier molecular flexibility index (Phi) is 3.88. The molecule has 0 bridgehead atoms. The second-order valence-corrected chi connectivity index (χ2v) is 3.89. The van der Waals surface area contributed by atoms with Gasteiger partial charge in [0.25, 0.3) is 0 Å². The van der Waals surface area contributed by atoms with Crippen LogP contribution < -0.4 is 0 Å². The maximum Gasteiger partial charge on any atom is 0.160 e. The molecular weight excluding hydrogens is 211 g/mol. The fourth-order valence-corrected chi connectivity index (χ4v) is 1.78. The lowest BCUT2D eigenvalue weighted by molar-refractivity contribution is -0.0698. The van der Waals surface area contributed by atoms with Gasteiger partial charge in [-0.1, -0.05) is 12.1 Å². The number of rotatable bonds is 4. The van der Waals surface area contributed by atoms with Crippen molar-refractivity contribution in [2.45, 2.75) is 25.2 Å². The van der Waals surface area contributed by atoms with E-state index >= 15 is 0 Å². The molecule has 1 heterocycles. The van der Waals surface area contributed by atoms with E-state index < -0.39 is 6.10 Å². The summed E-state index contributed by atoms with van der Waals surface area (Å²) in [6.45, 7) is 1.16. The van der Waals surface area contributed by atoms with Crippen LogP contribution >= 0.6 is 0 Å². The monoisotopic (exact) mass is 226 g/mol. The highest BCUT2D eigenvalue weighted by atomic mass is 19.1. The molecule has 0 saturated carbocycles. The van der Waals surface area contributed by atoms with Crippen molar-refractivity contribution in [1.29, 1.82) is 0 Å². The van der Waals surface area contributed by atoms with E-state index in [1.807, 2.05) is 0 Å². The van der Waals surface area contributed by atoms with E-state index in [9.17, 15) is 9.50 Å². The topological polar surface area (TPSA) is 38.7 Å². The number of hydrogen-bond donors (Lipinski definition) is 1. The van der Waals surface area contributed by atoms with Crippen LogP contribution in [0, 0.1) is 5.82 Å². The number of aliphatic hydroxyl groups is 1. The van der Waals surface area contributed by atoms with Crippen molar-refractivity contribution >= 4 is 0 Å². The molecule has 1 unspecified atom stereocenters. The number of aliphatic hydroxyl groups excluding tert-OH is 1. The molecule has 0 radical (unpaired) electrons. The second-order valence-electron chi connectivity index (χ2n) is 3.89. The smallest absolute Gasteiger partial charge is 0.160 e. The van der Waals surface area contributed by atoms with Crippen molar-refractivity contribution < 1.29 is 19.0 Å². The van der Waals surface area contributed by atoms with E-state index in [0.717, 1.165) is 5.56 Å². The molecule has 0 aromatic heterocycles. The summed E-state index contributed by atoms with van der Waals surface area (Å²) >= 11 is 0. The Morgan fingerprint density at radius 2 is 2.12 bits per heavy atom. The molecule has 16 heavy (non-hydrogen) atoms. The van der Waals surface area contributed by atoms with Gasteiger partial charge in [0, 0.05) is 6.42 Å². The first kappa shape index (κ1) is 11.5. The lowest BCUT2D eigenvalue weighted by atomic mass is 10.1. The van der Waals surface area contributed by atoms with Gasteiger partial charge < -0.3 is 14.6 Å². The quantitative estimate of drug-likeness (QED) is 0.845. The Bertz CT molecular complexity index is 337. The van der Waals surface area contributed by atoms with Crippen LogP contribution in [0.5, 0.6) is 0 Å². The van der Waals surface area contributed by atoms with Gasteiger partial charge in [-0.15, -0.1) is 0 Å². The first-order valence-electron chi connectivity index (χ1n) is 5.40. The molecule has 4 heteroatoms. The van der Waals surface area contributed by atoms with E-state index in [2.05, 4.69) is 0 Å². The zero-order valence-electron chi connectivity index (χ0n) is 8.93. The largest absolute Gasteiger partial charge is 0.393 e. The maximum atomic E-state index is 12.9. The molecular formula is C12H15FO3. The molecule has 0 aliphatic carbocycles. The molecule has 0 amide bonds. The van der Waals surface area contributed by atoms with Crippen molar-refractivity contribution in [3.8, 4) is 0 Å². The molecule has 1 aromatic carbocycles. The molecule has 88 valence electrons. The van der Waals surface area contributed by atoms with Gasteiger partial charge in [0.15, 0.2) is 6.29 Å².